The molecule has 0 aliphatic heterocycles. The highest BCUT2D eigenvalue weighted by molar-refractivity contribution is 5.16. The Hall–Kier alpha value is -1.34. The van der Waals surface area contributed by atoms with Gasteiger partial charge in [0.15, 0.2) is 0 Å². The maximum Gasteiger partial charge on any atom is -0.000822 e. The molecule has 86 valence electrons. The van der Waals surface area contributed by atoms with Gasteiger partial charge in [-0.05, 0) is 38.4 Å². The number of rotatable bonds is 7. The van der Waals surface area contributed by atoms with Crippen molar-refractivity contribution < 1.29 is 0 Å². The molecule has 0 saturated carbocycles. The van der Waals surface area contributed by atoms with Crippen molar-refractivity contribution in [1.82, 2.24) is 5.32 Å². The van der Waals surface area contributed by atoms with Crippen LogP contribution in [0.1, 0.15) is 18.9 Å². The third kappa shape index (κ3) is 4.94. The van der Waals surface area contributed by atoms with Gasteiger partial charge in [0.25, 0.3) is 0 Å². The third-order valence-corrected chi connectivity index (χ3v) is 2.66. The van der Waals surface area contributed by atoms with Crippen LogP contribution in [0.4, 0.5) is 0 Å². The second-order valence-corrected chi connectivity index (χ2v) is 3.80. The van der Waals surface area contributed by atoms with Crippen LogP contribution < -0.4 is 5.32 Å². The van der Waals surface area contributed by atoms with E-state index in [1.165, 1.54) is 11.1 Å². The fourth-order valence-corrected chi connectivity index (χ4v) is 1.60. The molecule has 0 radical (unpaired) electrons. The molecule has 0 heterocycles. The zero-order chi connectivity index (χ0) is 11.6. The molecule has 0 bridgehead atoms. The molecular weight excluding hydrogens is 194 g/mol. The van der Waals surface area contributed by atoms with E-state index in [9.17, 15) is 0 Å². The Balaban J connectivity index is 2.11. The summed E-state index contributed by atoms with van der Waals surface area (Å²) in [5.74, 6) is 0. The molecule has 0 aromatic heterocycles. The molecule has 1 heteroatoms. The van der Waals surface area contributed by atoms with Crippen molar-refractivity contribution in [2.45, 2.75) is 19.8 Å². The molecule has 0 unspecified atom stereocenters. The SMILES string of the molecule is C=C/C(=C\C)CCNCCc1ccccc1. The van der Waals surface area contributed by atoms with Crippen LogP contribution in [-0.2, 0) is 6.42 Å². The number of hydrogen-bond acceptors (Lipinski definition) is 1. The predicted molar refractivity (Wildman–Crippen MR) is 71.6 cm³/mol. The van der Waals surface area contributed by atoms with Crippen molar-refractivity contribution in [3.63, 3.8) is 0 Å². The van der Waals surface area contributed by atoms with Crippen LogP contribution in [0.15, 0.2) is 54.6 Å². The first-order valence-electron chi connectivity index (χ1n) is 5.89. The van der Waals surface area contributed by atoms with Gasteiger partial charge in [0, 0.05) is 0 Å². The molecule has 16 heavy (non-hydrogen) atoms. The van der Waals surface area contributed by atoms with Gasteiger partial charge in [-0.1, -0.05) is 54.6 Å². The van der Waals surface area contributed by atoms with Crippen molar-refractivity contribution in [3.8, 4) is 0 Å². The molecule has 0 saturated heterocycles. The van der Waals surface area contributed by atoms with Crippen LogP contribution in [0, 0.1) is 0 Å². The second kappa shape index (κ2) is 7.89. The molecule has 1 nitrogen and oxygen atoms in total. The lowest BCUT2D eigenvalue weighted by molar-refractivity contribution is 0.683. The van der Waals surface area contributed by atoms with E-state index in [0.717, 1.165) is 25.9 Å². The fraction of sp³-hybridized carbons (Fsp3) is 0.333. The first kappa shape index (κ1) is 12.7. The summed E-state index contributed by atoms with van der Waals surface area (Å²) in [6.07, 6.45) is 6.21. The van der Waals surface area contributed by atoms with Crippen LogP contribution in [0.3, 0.4) is 0 Å². The average molecular weight is 215 g/mol. The van der Waals surface area contributed by atoms with Gasteiger partial charge in [0.2, 0.25) is 0 Å². The van der Waals surface area contributed by atoms with Gasteiger partial charge in [-0.15, -0.1) is 0 Å². The lowest BCUT2D eigenvalue weighted by Gasteiger charge is -2.05. The first-order chi connectivity index (χ1) is 7.86. The largest absolute Gasteiger partial charge is 0.316 e. The summed E-state index contributed by atoms with van der Waals surface area (Å²) in [5.41, 5.74) is 2.71. The minimum Gasteiger partial charge on any atom is -0.316 e. The van der Waals surface area contributed by atoms with E-state index < -0.39 is 0 Å². The monoisotopic (exact) mass is 215 g/mol. The fourth-order valence-electron chi connectivity index (χ4n) is 1.60. The van der Waals surface area contributed by atoms with Gasteiger partial charge in [-0.25, -0.2) is 0 Å². The average Bonchev–Trinajstić information content (AvgIpc) is 2.35. The lowest BCUT2D eigenvalue weighted by Crippen LogP contribution is -2.18. The van der Waals surface area contributed by atoms with E-state index in [1.807, 2.05) is 6.08 Å². The van der Waals surface area contributed by atoms with E-state index in [4.69, 9.17) is 0 Å². The zero-order valence-corrected chi connectivity index (χ0v) is 10.1. The normalized spacial score (nSPS) is 11.4. The quantitative estimate of drug-likeness (QED) is 0.543. The second-order valence-electron chi connectivity index (χ2n) is 3.80. The minimum absolute atomic E-state index is 1.03. The van der Waals surface area contributed by atoms with E-state index in [1.54, 1.807) is 0 Å². The Labute approximate surface area is 98.9 Å². The highest BCUT2D eigenvalue weighted by atomic mass is 14.8. The molecule has 1 aromatic rings. The molecule has 0 spiro atoms. The van der Waals surface area contributed by atoms with Gasteiger partial charge in [0.1, 0.15) is 0 Å². The topological polar surface area (TPSA) is 12.0 Å². The Bertz CT molecular complexity index is 325. The Morgan fingerprint density at radius 3 is 2.62 bits per heavy atom. The van der Waals surface area contributed by atoms with Crippen molar-refractivity contribution in [3.05, 3.63) is 60.2 Å². The maximum atomic E-state index is 3.78. The van der Waals surface area contributed by atoms with E-state index in [0.29, 0.717) is 0 Å². The summed E-state index contributed by atoms with van der Waals surface area (Å²) < 4.78 is 0. The molecular formula is C15H21N. The Morgan fingerprint density at radius 1 is 1.25 bits per heavy atom. The van der Waals surface area contributed by atoms with Gasteiger partial charge in [-0.2, -0.15) is 0 Å². The van der Waals surface area contributed by atoms with Crippen LogP contribution >= 0.6 is 0 Å². The van der Waals surface area contributed by atoms with Gasteiger partial charge in [0.05, 0.1) is 0 Å². The van der Waals surface area contributed by atoms with Gasteiger partial charge < -0.3 is 5.32 Å². The first-order valence-corrected chi connectivity index (χ1v) is 5.89. The Morgan fingerprint density at radius 2 is 2.00 bits per heavy atom. The number of nitrogens with one attached hydrogen (secondary N) is 1. The van der Waals surface area contributed by atoms with E-state index in [2.05, 4.69) is 55.2 Å². The summed E-state index contributed by atoms with van der Waals surface area (Å²) in [7, 11) is 0. The van der Waals surface area contributed by atoms with Crippen molar-refractivity contribution in [1.29, 1.82) is 0 Å². The summed E-state index contributed by atoms with van der Waals surface area (Å²) >= 11 is 0. The third-order valence-electron chi connectivity index (χ3n) is 2.66. The number of benzene rings is 1. The van der Waals surface area contributed by atoms with Crippen LogP contribution in [0.5, 0.6) is 0 Å². The molecule has 0 aliphatic carbocycles. The van der Waals surface area contributed by atoms with Crippen molar-refractivity contribution in [2.24, 2.45) is 0 Å². The zero-order valence-electron chi connectivity index (χ0n) is 10.1. The molecule has 1 aromatic carbocycles. The predicted octanol–water partition coefficient (Wildman–Crippen LogP) is 3.34. The number of hydrogen-bond donors (Lipinski definition) is 1. The van der Waals surface area contributed by atoms with Crippen LogP contribution in [0.2, 0.25) is 0 Å². The van der Waals surface area contributed by atoms with Crippen molar-refractivity contribution >= 4 is 0 Å². The molecule has 0 amide bonds. The summed E-state index contributed by atoms with van der Waals surface area (Å²) in [6, 6.07) is 10.6. The molecule has 0 aliphatic rings. The highest BCUT2D eigenvalue weighted by Crippen LogP contribution is 2.01. The molecule has 1 N–H and O–H groups in total. The Kier molecular flexibility index (Phi) is 6.28. The number of allylic oxidation sites excluding steroid dienone is 2. The molecule has 1 rings (SSSR count). The summed E-state index contributed by atoms with van der Waals surface area (Å²) in [6.45, 7) is 7.90. The molecule has 0 fully saturated rings. The van der Waals surface area contributed by atoms with Crippen LogP contribution in [0.25, 0.3) is 0 Å². The van der Waals surface area contributed by atoms with Gasteiger partial charge in [-0.3, -0.25) is 0 Å². The van der Waals surface area contributed by atoms with Crippen LogP contribution in [-0.4, -0.2) is 13.1 Å². The standard InChI is InChI=1S/C15H21N/c1-3-14(4-2)10-12-16-13-11-15-8-6-5-7-9-15/h3-9,16H,1,10-13H2,2H3/b14-4+. The molecule has 0 atom stereocenters. The highest BCUT2D eigenvalue weighted by Gasteiger charge is 1.93. The summed E-state index contributed by atoms with van der Waals surface area (Å²) in [4.78, 5) is 0. The van der Waals surface area contributed by atoms with Gasteiger partial charge >= 0.3 is 0 Å². The van der Waals surface area contributed by atoms with E-state index in [-0.39, 0.29) is 0 Å². The summed E-state index contributed by atoms with van der Waals surface area (Å²) in [5, 5.41) is 3.44. The lowest BCUT2D eigenvalue weighted by atomic mass is 10.1. The maximum absolute atomic E-state index is 3.78. The smallest absolute Gasteiger partial charge is 0.000822 e. The minimum atomic E-state index is 1.03. The van der Waals surface area contributed by atoms with Crippen molar-refractivity contribution in [2.75, 3.05) is 13.1 Å². The van der Waals surface area contributed by atoms with E-state index >= 15 is 0 Å².